The minimum atomic E-state index is 0.400. The molecule has 1 aromatic carbocycles. The van der Waals surface area contributed by atoms with Crippen LogP contribution in [0.5, 0.6) is 0 Å². The Morgan fingerprint density at radius 3 is 2.68 bits per heavy atom. The highest BCUT2D eigenvalue weighted by molar-refractivity contribution is 7.78. The van der Waals surface area contributed by atoms with Crippen LogP contribution in [0.1, 0.15) is 54.3 Å². The number of thiol groups is 1. The third kappa shape index (κ3) is 1.94. The molecule has 0 amide bonds. The molecule has 2 N–H and O–H groups in total. The van der Waals surface area contributed by atoms with E-state index in [1.54, 1.807) is 11.1 Å². The van der Waals surface area contributed by atoms with E-state index >= 15 is 0 Å². The Hall–Kier alpha value is -0.510. The van der Waals surface area contributed by atoms with Crippen LogP contribution in [0.2, 0.25) is 0 Å². The average Bonchev–Trinajstić information content (AvgIpc) is 3.23. The molecule has 4 rings (SSSR count). The van der Waals surface area contributed by atoms with Crippen LogP contribution >= 0.6 is 12.8 Å². The molecule has 19 heavy (non-hydrogen) atoms. The normalized spacial score (nSPS) is 28.6. The first kappa shape index (κ1) is 12.2. The van der Waals surface area contributed by atoms with Crippen LogP contribution in [0.15, 0.2) is 18.2 Å². The van der Waals surface area contributed by atoms with Crippen LogP contribution < -0.4 is 10.0 Å². The molecule has 2 aliphatic carbocycles. The second-order valence-electron chi connectivity index (χ2n) is 6.58. The predicted molar refractivity (Wildman–Crippen MR) is 81.5 cm³/mol. The van der Waals surface area contributed by atoms with Crippen LogP contribution in [0.25, 0.3) is 0 Å². The van der Waals surface area contributed by atoms with Gasteiger partial charge in [-0.25, -0.2) is 0 Å². The first-order valence-corrected chi connectivity index (χ1v) is 8.00. The summed E-state index contributed by atoms with van der Waals surface area (Å²) in [7, 11) is 0. The second-order valence-corrected chi connectivity index (χ2v) is 6.84. The largest absolute Gasteiger partial charge is 0.317 e. The van der Waals surface area contributed by atoms with E-state index in [1.807, 2.05) is 0 Å². The Bertz CT molecular complexity index is 490. The van der Waals surface area contributed by atoms with Crippen LogP contribution in [0, 0.1) is 5.41 Å². The molecular weight excluding hydrogens is 252 g/mol. The summed E-state index contributed by atoms with van der Waals surface area (Å²) in [6.07, 6.45) is 6.52. The maximum Gasteiger partial charge on any atom is 0.0482 e. The molecule has 0 radical (unpaired) electrons. The highest BCUT2D eigenvalue weighted by atomic mass is 32.1. The Kier molecular flexibility index (Phi) is 2.90. The van der Waals surface area contributed by atoms with Crippen LogP contribution in [-0.2, 0) is 6.42 Å². The predicted octanol–water partition coefficient (Wildman–Crippen LogP) is 2.97. The van der Waals surface area contributed by atoms with Crippen LogP contribution in [0.3, 0.4) is 0 Å². The van der Waals surface area contributed by atoms with Crippen molar-refractivity contribution in [3.63, 3.8) is 0 Å². The van der Waals surface area contributed by atoms with E-state index in [1.165, 1.54) is 37.7 Å². The number of hydrogen-bond donors (Lipinski definition) is 3. The van der Waals surface area contributed by atoms with Crippen molar-refractivity contribution in [1.29, 1.82) is 0 Å². The van der Waals surface area contributed by atoms with Crippen LogP contribution in [0.4, 0.5) is 0 Å². The van der Waals surface area contributed by atoms with Gasteiger partial charge in [0.1, 0.15) is 0 Å². The summed E-state index contributed by atoms with van der Waals surface area (Å²) in [5.74, 6) is 0.843. The molecular formula is C16H22N2S. The number of hydrogen-bond acceptors (Lipinski definition) is 3. The van der Waals surface area contributed by atoms with Crippen molar-refractivity contribution in [1.82, 2.24) is 10.0 Å². The van der Waals surface area contributed by atoms with Crippen molar-refractivity contribution in [3.05, 3.63) is 34.9 Å². The zero-order valence-electron chi connectivity index (χ0n) is 11.3. The summed E-state index contributed by atoms with van der Waals surface area (Å²) in [4.78, 5) is 0. The molecule has 3 aliphatic rings. The highest BCUT2D eigenvalue weighted by Gasteiger charge is 2.46. The first-order chi connectivity index (χ1) is 9.32. The topological polar surface area (TPSA) is 24.1 Å². The van der Waals surface area contributed by atoms with Gasteiger partial charge in [0.2, 0.25) is 0 Å². The third-order valence-corrected chi connectivity index (χ3v) is 5.67. The second kappa shape index (κ2) is 4.51. The summed E-state index contributed by atoms with van der Waals surface area (Å²) in [6.45, 7) is 2.30. The minimum absolute atomic E-state index is 0.400. The molecule has 1 aliphatic heterocycles. The zero-order chi connectivity index (χ0) is 12.9. The third-order valence-electron chi connectivity index (χ3n) is 5.41. The average molecular weight is 274 g/mol. The molecule has 1 atom stereocenters. The fraction of sp³-hybridized carbons (Fsp3) is 0.625. The van der Waals surface area contributed by atoms with Gasteiger partial charge in [-0.2, -0.15) is 0 Å². The smallest absolute Gasteiger partial charge is 0.0482 e. The van der Waals surface area contributed by atoms with Gasteiger partial charge in [0.05, 0.1) is 0 Å². The van der Waals surface area contributed by atoms with Gasteiger partial charge in [0, 0.05) is 6.04 Å². The monoisotopic (exact) mass is 274 g/mol. The number of benzene rings is 1. The van der Waals surface area contributed by atoms with Crippen molar-refractivity contribution in [2.45, 2.75) is 44.1 Å². The number of rotatable bonds is 2. The quantitative estimate of drug-likeness (QED) is 0.722. The van der Waals surface area contributed by atoms with Gasteiger partial charge in [0.15, 0.2) is 0 Å². The fourth-order valence-electron chi connectivity index (χ4n) is 4.12. The standard InChI is InChI=1S/C16H22N2S/c19-18-15-14-9-12(11-1-2-11)3-4-13(14)10-16(15)5-7-17-8-6-16/h3-4,9,11,15,17-19H,1-2,5-8,10H2. The summed E-state index contributed by atoms with van der Waals surface area (Å²) >= 11 is 4.46. The van der Waals surface area contributed by atoms with Crippen molar-refractivity contribution in [3.8, 4) is 0 Å². The van der Waals surface area contributed by atoms with Gasteiger partial charge in [-0.15, -0.1) is 0 Å². The molecule has 1 heterocycles. The van der Waals surface area contributed by atoms with E-state index in [2.05, 4.69) is 41.1 Å². The van der Waals surface area contributed by atoms with E-state index in [0.717, 1.165) is 19.0 Å². The minimum Gasteiger partial charge on any atom is -0.317 e. The van der Waals surface area contributed by atoms with Gasteiger partial charge in [-0.3, -0.25) is 4.72 Å². The lowest BCUT2D eigenvalue weighted by atomic mass is 9.73. The van der Waals surface area contributed by atoms with E-state index in [-0.39, 0.29) is 0 Å². The van der Waals surface area contributed by atoms with Crippen LogP contribution in [-0.4, -0.2) is 13.1 Å². The molecule has 0 bridgehead atoms. The van der Waals surface area contributed by atoms with E-state index in [0.29, 0.717) is 11.5 Å². The molecule has 102 valence electrons. The van der Waals surface area contributed by atoms with E-state index < -0.39 is 0 Å². The maximum atomic E-state index is 4.46. The SMILES string of the molecule is SNC1c2cc(C3CC3)ccc2CC12CCNCC2. The first-order valence-electron chi connectivity index (χ1n) is 7.55. The molecule has 1 saturated heterocycles. The van der Waals surface area contributed by atoms with Gasteiger partial charge in [-0.05, 0) is 73.2 Å². The molecule has 1 aromatic rings. The lowest BCUT2D eigenvalue weighted by Gasteiger charge is -2.39. The number of fused-ring (bicyclic) bond motifs is 1. The van der Waals surface area contributed by atoms with Gasteiger partial charge in [0.25, 0.3) is 0 Å². The van der Waals surface area contributed by atoms with Crippen molar-refractivity contribution >= 4 is 12.8 Å². The Balaban J connectivity index is 1.72. The summed E-state index contributed by atoms with van der Waals surface area (Å²) < 4.78 is 3.33. The molecule has 1 unspecified atom stereocenters. The van der Waals surface area contributed by atoms with Crippen molar-refractivity contribution < 1.29 is 0 Å². The lowest BCUT2D eigenvalue weighted by Crippen LogP contribution is -2.42. The van der Waals surface area contributed by atoms with Crippen molar-refractivity contribution in [2.75, 3.05) is 13.1 Å². The summed E-state index contributed by atoms with van der Waals surface area (Å²) in [5.41, 5.74) is 5.04. The van der Waals surface area contributed by atoms with Gasteiger partial charge >= 0.3 is 0 Å². The van der Waals surface area contributed by atoms with Gasteiger partial charge in [-0.1, -0.05) is 31.0 Å². The van der Waals surface area contributed by atoms with Crippen molar-refractivity contribution in [2.24, 2.45) is 5.41 Å². The molecule has 1 saturated carbocycles. The maximum absolute atomic E-state index is 4.46. The molecule has 2 nitrogen and oxygen atoms in total. The number of piperidine rings is 1. The van der Waals surface area contributed by atoms with E-state index in [4.69, 9.17) is 0 Å². The zero-order valence-corrected chi connectivity index (χ0v) is 12.2. The molecule has 1 spiro atoms. The Morgan fingerprint density at radius 1 is 1.21 bits per heavy atom. The summed E-state index contributed by atoms with van der Waals surface area (Å²) in [5, 5.41) is 3.49. The Labute approximate surface area is 120 Å². The lowest BCUT2D eigenvalue weighted by molar-refractivity contribution is 0.166. The van der Waals surface area contributed by atoms with Gasteiger partial charge < -0.3 is 5.32 Å². The molecule has 3 heteroatoms. The Morgan fingerprint density at radius 2 is 2.00 bits per heavy atom. The summed E-state index contributed by atoms with van der Waals surface area (Å²) in [6, 6.07) is 7.66. The molecule has 2 fully saturated rings. The van der Waals surface area contributed by atoms with E-state index in [9.17, 15) is 0 Å². The number of nitrogens with one attached hydrogen (secondary N) is 2. The molecule has 0 aromatic heterocycles. The highest BCUT2D eigenvalue weighted by Crippen LogP contribution is 2.52. The fourth-order valence-corrected chi connectivity index (χ4v) is 4.53.